The molecular formula is C9H11BrN2O. The van der Waals surface area contributed by atoms with E-state index in [0.717, 1.165) is 15.9 Å². The molecule has 0 radical (unpaired) electrons. The number of nitrogens with zero attached hydrogens (tertiary/aromatic N) is 1. The van der Waals surface area contributed by atoms with Gasteiger partial charge in [-0.1, -0.05) is 22.5 Å². The zero-order valence-corrected chi connectivity index (χ0v) is 9.18. The molecule has 0 atom stereocenters. The van der Waals surface area contributed by atoms with Gasteiger partial charge in [0.2, 0.25) is 0 Å². The smallest absolute Gasteiger partial charge is 0.306 e. The minimum Gasteiger partial charge on any atom is -0.306 e. The molecular weight excluding hydrogens is 232 g/mol. The maximum atomic E-state index is 11.1. The van der Waals surface area contributed by atoms with Crippen LogP contribution in [0.2, 0.25) is 0 Å². The second-order valence-electron chi connectivity index (χ2n) is 2.77. The highest BCUT2D eigenvalue weighted by Gasteiger charge is 2.02. The molecule has 0 bridgehead atoms. The molecule has 1 rings (SSSR count). The summed E-state index contributed by atoms with van der Waals surface area (Å²) >= 11 is 3.20. The van der Waals surface area contributed by atoms with Crippen molar-refractivity contribution in [2.24, 2.45) is 7.05 Å². The summed E-state index contributed by atoms with van der Waals surface area (Å²) in [6, 6.07) is 0. The first-order valence-electron chi connectivity index (χ1n) is 3.80. The van der Waals surface area contributed by atoms with Crippen LogP contribution < -0.4 is 5.69 Å². The summed E-state index contributed by atoms with van der Waals surface area (Å²) in [5.41, 5.74) is 1.63. The number of rotatable bonds is 2. The number of aromatic amines is 1. The van der Waals surface area contributed by atoms with E-state index in [-0.39, 0.29) is 5.69 Å². The van der Waals surface area contributed by atoms with Gasteiger partial charge in [0.15, 0.2) is 0 Å². The van der Waals surface area contributed by atoms with Crippen LogP contribution in [0.3, 0.4) is 0 Å². The lowest BCUT2D eigenvalue weighted by Crippen LogP contribution is -2.12. The lowest BCUT2D eigenvalue weighted by Gasteiger charge is -1.92. The fourth-order valence-corrected chi connectivity index (χ4v) is 1.09. The molecule has 0 saturated heterocycles. The standard InChI is InChI=1S/C9H11BrN2O/c1-6(10)4-5-8-7(2)12(3)9(13)11-8/h4-5H,1H2,2-3H3,(H,11,13)/b5-4-. The lowest BCUT2D eigenvalue weighted by molar-refractivity contribution is 0.830. The van der Waals surface area contributed by atoms with Crippen molar-refractivity contribution in [3.63, 3.8) is 0 Å². The van der Waals surface area contributed by atoms with E-state index in [1.54, 1.807) is 17.7 Å². The van der Waals surface area contributed by atoms with Crippen molar-refractivity contribution in [3.05, 3.63) is 39.0 Å². The predicted molar refractivity (Wildman–Crippen MR) is 57.9 cm³/mol. The Labute approximate surface area is 84.9 Å². The fraction of sp³-hybridized carbons (Fsp3) is 0.222. The van der Waals surface area contributed by atoms with Crippen molar-refractivity contribution < 1.29 is 0 Å². The van der Waals surface area contributed by atoms with Gasteiger partial charge in [-0.05, 0) is 19.1 Å². The van der Waals surface area contributed by atoms with Gasteiger partial charge in [-0.3, -0.25) is 4.57 Å². The van der Waals surface area contributed by atoms with E-state index >= 15 is 0 Å². The molecule has 1 N–H and O–H groups in total. The van der Waals surface area contributed by atoms with E-state index in [1.165, 1.54) is 0 Å². The van der Waals surface area contributed by atoms with Crippen LogP contribution in [0, 0.1) is 6.92 Å². The number of hydrogen-bond acceptors (Lipinski definition) is 1. The van der Waals surface area contributed by atoms with Crippen LogP contribution in [0.25, 0.3) is 6.08 Å². The Bertz CT molecular complexity index is 412. The fourth-order valence-electron chi connectivity index (χ4n) is 0.959. The van der Waals surface area contributed by atoms with E-state index < -0.39 is 0 Å². The molecule has 0 aliphatic heterocycles. The second kappa shape index (κ2) is 3.79. The van der Waals surface area contributed by atoms with Crippen LogP contribution in [0.4, 0.5) is 0 Å². The van der Waals surface area contributed by atoms with Crippen LogP contribution in [0.1, 0.15) is 11.4 Å². The molecule has 1 heterocycles. The number of hydrogen-bond donors (Lipinski definition) is 1. The maximum Gasteiger partial charge on any atom is 0.325 e. The van der Waals surface area contributed by atoms with Crippen molar-refractivity contribution in [1.82, 2.24) is 9.55 Å². The van der Waals surface area contributed by atoms with Gasteiger partial charge in [0.05, 0.1) is 5.69 Å². The van der Waals surface area contributed by atoms with Crippen molar-refractivity contribution in [1.29, 1.82) is 0 Å². The summed E-state index contributed by atoms with van der Waals surface area (Å²) in [6.07, 6.45) is 3.60. The number of allylic oxidation sites excluding steroid dienone is 2. The normalized spacial score (nSPS) is 11.0. The molecule has 0 fully saturated rings. The predicted octanol–water partition coefficient (Wildman–Crippen LogP) is 1.94. The van der Waals surface area contributed by atoms with Crippen molar-refractivity contribution in [2.45, 2.75) is 6.92 Å². The lowest BCUT2D eigenvalue weighted by atomic mass is 10.3. The summed E-state index contributed by atoms with van der Waals surface area (Å²) in [7, 11) is 1.73. The summed E-state index contributed by atoms with van der Waals surface area (Å²) in [6.45, 7) is 5.54. The summed E-state index contributed by atoms with van der Waals surface area (Å²) < 4.78 is 2.34. The molecule has 0 aromatic carbocycles. The molecule has 0 saturated carbocycles. The number of aromatic nitrogens is 2. The molecule has 4 heteroatoms. The summed E-state index contributed by atoms with van der Waals surface area (Å²) in [4.78, 5) is 13.9. The molecule has 1 aromatic heterocycles. The zero-order valence-electron chi connectivity index (χ0n) is 7.60. The highest BCUT2D eigenvalue weighted by atomic mass is 79.9. The van der Waals surface area contributed by atoms with E-state index in [2.05, 4.69) is 27.5 Å². The van der Waals surface area contributed by atoms with E-state index in [9.17, 15) is 4.79 Å². The Morgan fingerprint density at radius 2 is 2.31 bits per heavy atom. The maximum absolute atomic E-state index is 11.1. The first-order chi connectivity index (χ1) is 6.02. The van der Waals surface area contributed by atoms with Crippen LogP contribution in [-0.4, -0.2) is 9.55 Å². The Kier molecular flexibility index (Phi) is 2.93. The van der Waals surface area contributed by atoms with Gasteiger partial charge in [-0.2, -0.15) is 0 Å². The first-order valence-corrected chi connectivity index (χ1v) is 4.59. The van der Waals surface area contributed by atoms with Crippen molar-refractivity contribution in [2.75, 3.05) is 0 Å². The quantitative estimate of drug-likeness (QED) is 0.792. The first kappa shape index (κ1) is 10.1. The highest BCUT2D eigenvalue weighted by molar-refractivity contribution is 9.11. The number of imidazole rings is 1. The van der Waals surface area contributed by atoms with Crippen LogP contribution in [0.5, 0.6) is 0 Å². The molecule has 3 nitrogen and oxygen atoms in total. The molecule has 70 valence electrons. The Balaban J connectivity index is 3.10. The van der Waals surface area contributed by atoms with Crippen molar-refractivity contribution >= 4 is 22.0 Å². The third-order valence-electron chi connectivity index (χ3n) is 1.87. The Morgan fingerprint density at radius 1 is 1.69 bits per heavy atom. The van der Waals surface area contributed by atoms with Crippen LogP contribution >= 0.6 is 15.9 Å². The average Bonchev–Trinajstić information content (AvgIpc) is 2.29. The van der Waals surface area contributed by atoms with Gasteiger partial charge in [-0.25, -0.2) is 4.79 Å². The molecule has 13 heavy (non-hydrogen) atoms. The molecule has 0 aliphatic carbocycles. The SMILES string of the molecule is C=C(Br)/C=C\c1[nH]c(=O)n(C)c1C. The van der Waals surface area contributed by atoms with E-state index in [0.29, 0.717) is 0 Å². The molecule has 0 spiro atoms. The average molecular weight is 243 g/mol. The topological polar surface area (TPSA) is 37.8 Å². The number of halogens is 1. The molecule has 1 aromatic rings. The Hall–Kier alpha value is -1.03. The monoisotopic (exact) mass is 242 g/mol. The minimum atomic E-state index is -0.0997. The van der Waals surface area contributed by atoms with Gasteiger partial charge < -0.3 is 4.98 Å². The molecule has 0 amide bonds. The van der Waals surface area contributed by atoms with E-state index in [1.807, 2.05) is 13.0 Å². The zero-order chi connectivity index (χ0) is 10.0. The summed E-state index contributed by atoms with van der Waals surface area (Å²) in [5, 5.41) is 0. The van der Waals surface area contributed by atoms with Gasteiger partial charge in [0.1, 0.15) is 0 Å². The van der Waals surface area contributed by atoms with Gasteiger partial charge in [-0.15, -0.1) is 0 Å². The van der Waals surface area contributed by atoms with Gasteiger partial charge >= 0.3 is 5.69 Å². The minimum absolute atomic E-state index is 0.0997. The molecule has 0 aliphatic rings. The van der Waals surface area contributed by atoms with Crippen molar-refractivity contribution in [3.8, 4) is 0 Å². The van der Waals surface area contributed by atoms with Crippen LogP contribution in [-0.2, 0) is 7.05 Å². The third kappa shape index (κ3) is 2.21. The van der Waals surface area contributed by atoms with Crippen LogP contribution in [0.15, 0.2) is 21.9 Å². The Morgan fingerprint density at radius 3 is 2.69 bits per heavy atom. The third-order valence-corrected chi connectivity index (χ3v) is 2.13. The number of H-pyrrole nitrogens is 1. The highest BCUT2D eigenvalue weighted by Crippen LogP contribution is 2.08. The molecule has 0 unspecified atom stereocenters. The van der Waals surface area contributed by atoms with E-state index in [4.69, 9.17) is 0 Å². The summed E-state index contributed by atoms with van der Waals surface area (Å²) in [5.74, 6) is 0. The van der Waals surface area contributed by atoms with Gasteiger partial charge in [0, 0.05) is 17.2 Å². The number of nitrogens with one attached hydrogen (secondary N) is 1. The largest absolute Gasteiger partial charge is 0.325 e. The second-order valence-corrected chi connectivity index (χ2v) is 3.79. The van der Waals surface area contributed by atoms with Gasteiger partial charge in [0.25, 0.3) is 0 Å².